The van der Waals surface area contributed by atoms with Crippen molar-refractivity contribution in [2.24, 2.45) is 0 Å². The Kier molecular flexibility index (Phi) is 5.81. The van der Waals surface area contributed by atoms with Gasteiger partial charge in [0, 0.05) is 11.8 Å². The minimum atomic E-state index is -0.384. The van der Waals surface area contributed by atoms with Gasteiger partial charge >= 0.3 is 0 Å². The van der Waals surface area contributed by atoms with Crippen molar-refractivity contribution in [3.05, 3.63) is 18.2 Å². The summed E-state index contributed by atoms with van der Waals surface area (Å²) >= 11 is 0. The zero-order valence-corrected chi connectivity index (χ0v) is 10.9. The molecule has 0 saturated carbocycles. The smallest absolute Gasteiger partial charge is 0.231 e. The van der Waals surface area contributed by atoms with Gasteiger partial charge in [-0.1, -0.05) is 0 Å². The van der Waals surface area contributed by atoms with Crippen molar-refractivity contribution in [1.82, 2.24) is 0 Å². The van der Waals surface area contributed by atoms with Crippen LogP contribution in [0.1, 0.15) is 13.3 Å². The summed E-state index contributed by atoms with van der Waals surface area (Å²) in [7, 11) is 1.50. The van der Waals surface area contributed by atoms with Crippen LogP contribution in [0, 0.1) is 0 Å². The Bertz CT molecular complexity index is 458. The normalized spacial score (nSPS) is 9.84. The zero-order valence-electron chi connectivity index (χ0n) is 10.9. The highest BCUT2D eigenvalue weighted by Gasteiger charge is 2.09. The number of benzene rings is 1. The number of carbonyl (C=O) groups excluding carboxylic acids is 2. The van der Waals surface area contributed by atoms with E-state index in [-0.39, 0.29) is 31.3 Å². The number of amides is 1. The summed E-state index contributed by atoms with van der Waals surface area (Å²) < 4.78 is 10.4. The molecule has 1 aromatic rings. The second-order valence-corrected chi connectivity index (χ2v) is 3.86. The molecule has 0 unspecified atom stereocenters. The van der Waals surface area contributed by atoms with Crippen molar-refractivity contribution in [1.29, 1.82) is 0 Å². The first kappa shape index (κ1) is 15.0. The summed E-state index contributed by atoms with van der Waals surface area (Å²) in [6.45, 7) is 1.36. The molecule has 0 fully saturated rings. The fourth-order valence-corrected chi connectivity index (χ4v) is 1.45. The van der Waals surface area contributed by atoms with Gasteiger partial charge in [-0.15, -0.1) is 0 Å². The minimum absolute atomic E-state index is 0.121. The van der Waals surface area contributed by atoms with E-state index in [4.69, 9.17) is 14.6 Å². The lowest BCUT2D eigenvalue weighted by Gasteiger charge is -2.12. The summed E-state index contributed by atoms with van der Waals surface area (Å²) in [5, 5.41) is 11.3. The number of aliphatic hydroxyl groups excluding tert-OH is 1. The van der Waals surface area contributed by atoms with Crippen LogP contribution in [0.2, 0.25) is 0 Å². The van der Waals surface area contributed by atoms with Gasteiger partial charge in [-0.25, -0.2) is 0 Å². The Balaban J connectivity index is 2.79. The Morgan fingerprint density at radius 2 is 2.05 bits per heavy atom. The van der Waals surface area contributed by atoms with E-state index in [0.717, 1.165) is 0 Å². The molecule has 0 spiro atoms. The molecule has 0 heterocycles. The number of aliphatic hydroxyl groups is 1. The maximum atomic E-state index is 11.5. The number of rotatable bonds is 7. The lowest BCUT2D eigenvalue weighted by Crippen LogP contribution is -2.14. The summed E-state index contributed by atoms with van der Waals surface area (Å²) in [6, 6.07) is 4.85. The molecule has 0 aliphatic heterocycles. The van der Waals surface area contributed by atoms with Gasteiger partial charge in [0.05, 0.1) is 20.1 Å². The Morgan fingerprint density at radius 3 is 2.63 bits per heavy atom. The van der Waals surface area contributed by atoms with Crippen molar-refractivity contribution in [2.75, 3.05) is 25.6 Å². The van der Waals surface area contributed by atoms with Crippen LogP contribution < -0.4 is 14.8 Å². The average molecular weight is 267 g/mol. The minimum Gasteiger partial charge on any atom is -0.493 e. The molecular weight excluding hydrogens is 250 g/mol. The number of hydrogen-bond acceptors (Lipinski definition) is 5. The monoisotopic (exact) mass is 267 g/mol. The van der Waals surface area contributed by atoms with Crippen LogP contribution in [0.25, 0.3) is 0 Å². The van der Waals surface area contributed by atoms with Crippen LogP contribution >= 0.6 is 0 Å². The molecule has 0 bridgehead atoms. The molecule has 1 rings (SSSR count). The third-order valence-corrected chi connectivity index (χ3v) is 2.21. The lowest BCUT2D eigenvalue weighted by atomic mass is 10.2. The van der Waals surface area contributed by atoms with Gasteiger partial charge in [0.15, 0.2) is 11.5 Å². The molecule has 1 aromatic carbocycles. The molecule has 19 heavy (non-hydrogen) atoms. The number of Topliss-reactive ketones (excluding diaryl/α,β-unsaturated/α-hetero) is 1. The van der Waals surface area contributed by atoms with Gasteiger partial charge in [0.1, 0.15) is 12.4 Å². The summed E-state index contributed by atoms with van der Waals surface area (Å²) in [5.41, 5.74) is 0.500. The van der Waals surface area contributed by atoms with Crippen LogP contribution in [-0.2, 0) is 9.59 Å². The van der Waals surface area contributed by atoms with Crippen LogP contribution in [0.4, 0.5) is 5.69 Å². The first-order valence-electron chi connectivity index (χ1n) is 5.77. The number of ether oxygens (including phenoxy) is 2. The van der Waals surface area contributed by atoms with Crippen LogP contribution in [0.5, 0.6) is 11.5 Å². The first-order chi connectivity index (χ1) is 9.06. The topological polar surface area (TPSA) is 84.9 Å². The third kappa shape index (κ3) is 4.97. The summed E-state index contributed by atoms with van der Waals surface area (Å²) in [5.74, 6) is 0.323. The highest BCUT2D eigenvalue weighted by atomic mass is 16.5. The second-order valence-electron chi connectivity index (χ2n) is 3.86. The van der Waals surface area contributed by atoms with Crippen molar-refractivity contribution < 1.29 is 24.2 Å². The predicted molar refractivity (Wildman–Crippen MR) is 69.5 cm³/mol. The van der Waals surface area contributed by atoms with Crippen LogP contribution in [0.3, 0.4) is 0 Å². The van der Waals surface area contributed by atoms with E-state index in [1.54, 1.807) is 18.2 Å². The molecule has 0 aliphatic rings. The van der Waals surface area contributed by atoms with Crippen molar-refractivity contribution in [3.8, 4) is 11.5 Å². The molecule has 6 heteroatoms. The van der Waals surface area contributed by atoms with Gasteiger partial charge in [0.2, 0.25) is 5.91 Å². The number of carbonyl (C=O) groups is 2. The fraction of sp³-hybridized carbons (Fsp3) is 0.385. The standard InChI is InChI=1S/C13H17NO5/c1-9(16)7-13(17)14-10-3-4-11(18-2)12(8-10)19-6-5-15/h3-4,8,15H,5-7H2,1-2H3,(H,14,17). The number of hydrogen-bond donors (Lipinski definition) is 2. The maximum Gasteiger partial charge on any atom is 0.231 e. The van der Waals surface area contributed by atoms with E-state index in [9.17, 15) is 9.59 Å². The number of anilines is 1. The van der Waals surface area contributed by atoms with Crippen molar-refractivity contribution >= 4 is 17.4 Å². The van der Waals surface area contributed by atoms with Gasteiger partial charge in [-0.3, -0.25) is 9.59 Å². The van der Waals surface area contributed by atoms with Gasteiger partial charge < -0.3 is 19.9 Å². The number of methoxy groups -OCH3 is 1. The molecule has 0 aromatic heterocycles. The maximum absolute atomic E-state index is 11.5. The fourth-order valence-electron chi connectivity index (χ4n) is 1.45. The molecule has 0 saturated heterocycles. The zero-order chi connectivity index (χ0) is 14.3. The molecule has 2 N–H and O–H groups in total. The van der Waals surface area contributed by atoms with Crippen LogP contribution in [-0.4, -0.2) is 37.1 Å². The number of ketones is 1. The molecule has 0 atom stereocenters. The SMILES string of the molecule is COc1ccc(NC(=O)CC(C)=O)cc1OCCO. The van der Waals surface area contributed by atoms with Crippen LogP contribution in [0.15, 0.2) is 18.2 Å². The molecular formula is C13H17NO5. The van der Waals surface area contributed by atoms with E-state index in [1.165, 1.54) is 14.0 Å². The van der Waals surface area contributed by atoms with E-state index in [0.29, 0.717) is 17.2 Å². The van der Waals surface area contributed by atoms with E-state index >= 15 is 0 Å². The molecule has 104 valence electrons. The highest BCUT2D eigenvalue weighted by Crippen LogP contribution is 2.30. The van der Waals surface area contributed by atoms with Gasteiger partial charge in [-0.05, 0) is 19.1 Å². The average Bonchev–Trinajstić information content (AvgIpc) is 2.35. The molecule has 6 nitrogen and oxygen atoms in total. The van der Waals surface area contributed by atoms with Crippen molar-refractivity contribution in [2.45, 2.75) is 13.3 Å². The van der Waals surface area contributed by atoms with Gasteiger partial charge in [-0.2, -0.15) is 0 Å². The second kappa shape index (κ2) is 7.38. The van der Waals surface area contributed by atoms with Gasteiger partial charge in [0.25, 0.3) is 0 Å². The van der Waals surface area contributed by atoms with E-state index < -0.39 is 0 Å². The highest BCUT2D eigenvalue weighted by molar-refractivity contribution is 6.03. The van der Waals surface area contributed by atoms with Crippen molar-refractivity contribution in [3.63, 3.8) is 0 Å². The number of nitrogens with one attached hydrogen (secondary N) is 1. The van der Waals surface area contributed by atoms with E-state index in [1.807, 2.05) is 0 Å². The summed E-state index contributed by atoms with van der Waals surface area (Å²) in [4.78, 5) is 22.3. The lowest BCUT2D eigenvalue weighted by molar-refractivity contribution is -0.124. The Labute approximate surface area is 111 Å². The van der Waals surface area contributed by atoms with E-state index in [2.05, 4.69) is 5.32 Å². The predicted octanol–water partition coefficient (Wildman–Crippen LogP) is 0.984. The Hall–Kier alpha value is -2.08. The first-order valence-corrected chi connectivity index (χ1v) is 5.77. The molecule has 1 amide bonds. The molecule has 0 aliphatic carbocycles. The quantitative estimate of drug-likeness (QED) is 0.719. The summed E-state index contributed by atoms with van der Waals surface area (Å²) in [6.07, 6.45) is -0.168. The Morgan fingerprint density at radius 1 is 1.32 bits per heavy atom. The largest absolute Gasteiger partial charge is 0.493 e. The molecule has 0 radical (unpaired) electrons. The third-order valence-electron chi connectivity index (χ3n) is 2.21.